The molecule has 0 aromatic carbocycles. The Hall–Kier alpha value is -1.51. The molecular weight excluding hydrogens is 288 g/mol. The van der Waals surface area contributed by atoms with E-state index in [1.54, 1.807) is 0 Å². The van der Waals surface area contributed by atoms with Crippen molar-refractivity contribution in [1.29, 1.82) is 0 Å². The summed E-state index contributed by atoms with van der Waals surface area (Å²) in [6, 6.07) is 0. The van der Waals surface area contributed by atoms with Crippen LogP contribution in [0.5, 0.6) is 0 Å². The quantitative estimate of drug-likeness (QED) is 0.490. The van der Waals surface area contributed by atoms with Crippen LogP contribution in [0.2, 0.25) is 5.28 Å². The van der Waals surface area contributed by atoms with Gasteiger partial charge in [0.25, 0.3) is 0 Å². The van der Waals surface area contributed by atoms with Gasteiger partial charge in [0.05, 0.1) is 10.5 Å². The molecule has 2 rings (SSSR count). The van der Waals surface area contributed by atoms with Crippen molar-refractivity contribution < 1.29 is 14.8 Å². The summed E-state index contributed by atoms with van der Waals surface area (Å²) in [5, 5.41) is 24.1. The highest BCUT2D eigenvalue weighted by Crippen LogP contribution is 2.28. The highest BCUT2D eigenvalue weighted by molar-refractivity contribution is 6.28. The van der Waals surface area contributed by atoms with Crippen LogP contribution in [0.1, 0.15) is 18.5 Å². The lowest BCUT2D eigenvalue weighted by Crippen LogP contribution is -2.42. The number of aromatic nitrogens is 2. The van der Waals surface area contributed by atoms with Crippen LogP contribution in [0.25, 0.3) is 0 Å². The number of aryl methyl sites for hydroxylation is 1. The van der Waals surface area contributed by atoms with Crippen molar-refractivity contribution in [2.45, 2.75) is 25.4 Å². The second-order valence-electron chi connectivity index (χ2n) is 4.72. The van der Waals surface area contributed by atoms with Gasteiger partial charge in [-0.25, -0.2) is 4.98 Å². The molecule has 0 atom stereocenters. The van der Waals surface area contributed by atoms with Crippen molar-refractivity contribution in [3.63, 3.8) is 0 Å². The third kappa shape index (κ3) is 3.33. The number of nitrogens with zero attached hydrogens (tertiary/aromatic N) is 3. The summed E-state index contributed by atoms with van der Waals surface area (Å²) in [4.78, 5) is 18.1. The van der Waals surface area contributed by atoms with Gasteiger partial charge in [-0.2, -0.15) is 4.98 Å². The van der Waals surface area contributed by atoms with Gasteiger partial charge in [-0.3, -0.25) is 10.1 Å². The summed E-state index contributed by atoms with van der Waals surface area (Å²) >= 11 is 5.72. The topological polar surface area (TPSA) is 110 Å². The normalized spacial score (nSPS) is 17.8. The average Bonchev–Trinajstić information content (AvgIpc) is 2.36. The predicted molar refractivity (Wildman–Crippen MR) is 71.9 cm³/mol. The Morgan fingerprint density at radius 3 is 2.75 bits per heavy atom. The molecule has 1 aliphatic heterocycles. The third-order valence-corrected chi connectivity index (χ3v) is 3.39. The van der Waals surface area contributed by atoms with E-state index in [0.717, 1.165) is 0 Å². The molecule has 0 bridgehead atoms. The van der Waals surface area contributed by atoms with Gasteiger partial charge in [0.1, 0.15) is 5.69 Å². The third-order valence-electron chi connectivity index (χ3n) is 3.22. The van der Waals surface area contributed by atoms with Gasteiger partial charge >= 0.3 is 5.69 Å². The minimum absolute atomic E-state index is 0.0208. The van der Waals surface area contributed by atoms with Crippen molar-refractivity contribution in [2.24, 2.45) is 0 Å². The Balaban J connectivity index is 2.18. The van der Waals surface area contributed by atoms with E-state index in [0.29, 0.717) is 26.1 Å². The van der Waals surface area contributed by atoms with Crippen molar-refractivity contribution in [2.75, 3.05) is 25.1 Å². The molecule has 0 spiro atoms. The molecule has 0 unspecified atom stereocenters. The lowest BCUT2D eigenvalue weighted by Gasteiger charge is -2.32. The number of nitro groups is 1. The highest BCUT2D eigenvalue weighted by Gasteiger charge is 2.31. The highest BCUT2D eigenvalue weighted by atomic mass is 35.5. The summed E-state index contributed by atoms with van der Waals surface area (Å²) in [6.45, 7) is 2.55. The summed E-state index contributed by atoms with van der Waals surface area (Å²) in [5.74, 6) is 0.0208. The van der Waals surface area contributed by atoms with Gasteiger partial charge in [0.15, 0.2) is 0 Å². The molecule has 9 heteroatoms. The van der Waals surface area contributed by atoms with Crippen molar-refractivity contribution in [1.82, 2.24) is 9.97 Å². The van der Waals surface area contributed by atoms with Gasteiger partial charge in [0, 0.05) is 32.6 Å². The van der Waals surface area contributed by atoms with Crippen LogP contribution in [0, 0.1) is 17.0 Å². The maximum atomic E-state index is 11.0. The SMILES string of the molecule is Cc1nc(Cl)nc(NCC2(O)CCOCC2)c1[N+](=O)[O-]. The number of rotatable bonds is 4. The number of hydrogen-bond acceptors (Lipinski definition) is 7. The molecule has 2 N–H and O–H groups in total. The van der Waals surface area contributed by atoms with Crippen LogP contribution in [-0.4, -0.2) is 45.4 Å². The predicted octanol–water partition coefficient (Wildman–Crippen LogP) is 1.30. The molecule has 0 radical (unpaired) electrons. The Labute approximate surface area is 120 Å². The van der Waals surface area contributed by atoms with Crippen LogP contribution in [0.4, 0.5) is 11.5 Å². The minimum Gasteiger partial charge on any atom is -0.388 e. The fraction of sp³-hybridized carbons (Fsp3) is 0.636. The molecule has 110 valence electrons. The Morgan fingerprint density at radius 2 is 2.15 bits per heavy atom. The van der Waals surface area contributed by atoms with Crippen molar-refractivity contribution in [3.05, 3.63) is 21.1 Å². The summed E-state index contributed by atoms with van der Waals surface area (Å²) in [7, 11) is 0. The van der Waals surface area contributed by atoms with Gasteiger partial charge in [-0.05, 0) is 18.5 Å². The summed E-state index contributed by atoms with van der Waals surface area (Å²) in [5.41, 5.74) is -1.02. The molecule has 1 saturated heterocycles. The number of aliphatic hydroxyl groups is 1. The van der Waals surface area contributed by atoms with Crippen LogP contribution in [0.3, 0.4) is 0 Å². The fourth-order valence-electron chi connectivity index (χ4n) is 2.05. The van der Waals surface area contributed by atoms with E-state index in [-0.39, 0.29) is 29.0 Å². The Kier molecular flexibility index (Phi) is 4.36. The molecule has 20 heavy (non-hydrogen) atoms. The first-order valence-electron chi connectivity index (χ1n) is 6.14. The molecule has 0 saturated carbocycles. The summed E-state index contributed by atoms with van der Waals surface area (Å²) in [6.07, 6.45) is 0.928. The van der Waals surface area contributed by atoms with Gasteiger partial charge in [-0.1, -0.05) is 0 Å². The van der Waals surface area contributed by atoms with Crippen LogP contribution in [-0.2, 0) is 4.74 Å². The molecule has 1 fully saturated rings. The van der Waals surface area contributed by atoms with E-state index < -0.39 is 10.5 Å². The first-order chi connectivity index (χ1) is 9.41. The van der Waals surface area contributed by atoms with Gasteiger partial charge in [0.2, 0.25) is 11.1 Å². The second-order valence-corrected chi connectivity index (χ2v) is 5.06. The van der Waals surface area contributed by atoms with Gasteiger partial charge in [-0.15, -0.1) is 0 Å². The van der Waals surface area contributed by atoms with E-state index in [9.17, 15) is 15.2 Å². The number of hydrogen-bond donors (Lipinski definition) is 2. The van der Waals surface area contributed by atoms with Crippen LogP contribution < -0.4 is 5.32 Å². The van der Waals surface area contributed by atoms with Crippen molar-refractivity contribution in [3.8, 4) is 0 Å². The lowest BCUT2D eigenvalue weighted by molar-refractivity contribution is -0.385. The Bertz CT molecular complexity index is 519. The standard InChI is InChI=1S/C11H15ClN4O4/c1-7-8(16(18)19)9(15-10(12)14-7)13-6-11(17)2-4-20-5-3-11/h17H,2-6H2,1H3,(H,13,14,15). The average molecular weight is 303 g/mol. The fourth-order valence-corrected chi connectivity index (χ4v) is 2.26. The minimum atomic E-state index is -0.961. The number of ether oxygens (including phenoxy) is 1. The first kappa shape index (κ1) is 14.9. The van der Waals surface area contributed by atoms with Crippen molar-refractivity contribution >= 4 is 23.1 Å². The molecule has 1 aliphatic rings. The molecule has 0 aliphatic carbocycles. The first-order valence-corrected chi connectivity index (χ1v) is 6.52. The Morgan fingerprint density at radius 1 is 1.50 bits per heavy atom. The number of nitrogens with one attached hydrogen (secondary N) is 1. The van der Waals surface area contributed by atoms with E-state index in [4.69, 9.17) is 16.3 Å². The smallest absolute Gasteiger partial charge is 0.332 e. The largest absolute Gasteiger partial charge is 0.388 e. The van der Waals surface area contributed by atoms with E-state index >= 15 is 0 Å². The zero-order chi connectivity index (χ0) is 14.8. The number of anilines is 1. The van der Waals surface area contributed by atoms with E-state index in [1.807, 2.05) is 0 Å². The van der Waals surface area contributed by atoms with E-state index in [2.05, 4.69) is 15.3 Å². The molecule has 8 nitrogen and oxygen atoms in total. The maximum Gasteiger partial charge on any atom is 0.332 e. The maximum absolute atomic E-state index is 11.0. The van der Waals surface area contributed by atoms with Gasteiger partial charge < -0.3 is 15.2 Å². The zero-order valence-electron chi connectivity index (χ0n) is 10.9. The molecular formula is C11H15ClN4O4. The molecule has 2 heterocycles. The molecule has 0 amide bonds. The second kappa shape index (κ2) is 5.86. The summed E-state index contributed by atoms with van der Waals surface area (Å²) < 4.78 is 5.17. The monoisotopic (exact) mass is 302 g/mol. The lowest BCUT2D eigenvalue weighted by atomic mass is 9.94. The van der Waals surface area contributed by atoms with E-state index in [1.165, 1.54) is 6.92 Å². The van der Waals surface area contributed by atoms with Crippen LogP contribution >= 0.6 is 11.6 Å². The molecule has 1 aromatic rings. The zero-order valence-corrected chi connectivity index (χ0v) is 11.7. The van der Waals surface area contributed by atoms with Crippen LogP contribution in [0.15, 0.2) is 0 Å². The number of halogens is 1. The molecule has 1 aromatic heterocycles.